The van der Waals surface area contributed by atoms with Gasteiger partial charge in [-0.05, 0) is 49.4 Å². The Bertz CT molecular complexity index is 750. The average molecular weight is 508 g/mol. The average Bonchev–Trinajstić information content (AvgIpc) is 3.25. The van der Waals surface area contributed by atoms with Crippen LogP contribution in [-0.4, -0.2) is 55.0 Å². The fraction of sp³-hybridized carbons (Fsp3) is 0.522. The third-order valence-corrected chi connectivity index (χ3v) is 6.16. The molecule has 158 valence electrons. The lowest BCUT2D eigenvalue weighted by atomic mass is 9.83. The highest BCUT2D eigenvalue weighted by molar-refractivity contribution is 14.0. The van der Waals surface area contributed by atoms with Crippen LogP contribution in [0, 0.1) is 5.92 Å². The van der Waals surface area contributed by atoms with E-state index in [2.05, 4.69) is 50.4 Å². The van der Waals surface area contributed by atoms with Crippen LogP contribution in [0.2, 0.25) is 0 Å². The lowest BCUT2D eigenvalue weighted by Crippen LogP contribution is -2.56. The summed E-state index contributed by atoms with van der Waals surface area (Å²) >= 11 is 0. The normalized spacial score (nSPS) is 22.7. The molecule has 2 saturated heterocycles. The predicted molar refractivity (Wildman–Crippen MR) is 129 cm³/mol. The summed E-state index contributed by atoms with van der Waals surface area (Å²) < 4.78 is 5.43. The largest absolute Gasteiger partial charge is 0.469 e. The minimum Gasteiger partial charge on any atom is -0.469 e. The smallest absolute Gasteiger partial charge is 0.193 e. The van der Waals surface area contributed by atoms with Gasteiger partial charge in [-0.25, -0.2) is 0 Å². The number of benzene rings is 1. The second-order valence-corrected chi connectivity index (χ2v) is 7.96. The molecule has 2 aliphatic rings. The van der Waals surface area contributed by atoms with Gasteiger partial charge in [-0.2, -0.15) is 0 Å². The number of nitrogens with zero attached hydrogens (tertiary/aromatic N) is 3. The summed E-state index contributed by atoms with van der Waals surface area (Å²) in [5.41, 5.74) is 1.43. The quantitative estimate of drug-likeness (QED) is 0.377. The summed E-state index contributed by atoms with van der Waals surface area (Å²) in [7, 11) is 1.89. The highest BCUT2D eigenvalue weighted by Crippen LogP contribution is 2.31. The van der Waals surface area contributed by atoms with Crippen LogP contribution < -0.4 is 5.32 Å². The molecule has 2 fully saturated rings. The number of furan rings is 1. The molecule has 5 nitrogen and oxygen atoms in total. The van der Waals surface area contributed by atoms with Crippen molar-refractivity contribution in [2.45, 2.75) is 38.3 Å². The molecule has 29 heavy (non-hydrogen) atoms. The summed E-state index contributed by atoms with van der Waals surface area (Å²) in [5, 5.41) is 3.53. The monoisotopic (exact) mass is 508 g/mol. The Labute approximate surface area is 191 Å². The zero-order valence-electron chi connectivity index (χ0n) is 17.3. The molecule has 4 rings (SSSR count). The van der Waals surface area contributed by atoms with Gasteiger partial charge in [0.1, 0.15) is 5.76 Å². The summed E-state index contributed by atoms with van der Waals surface area (Å²) in [6.45, 7) is 5.35. The molecule has 1 aromatic heterocycles. The van der Waals surface area contributed by atoms with Gasteiger partial charge < -0.3 is 14.6 Å². The van der Waals surface area contributed by atoms with E-state index in [-0.39, 0.29) is 24.0 Å². The third kappa shape index (κ3) is 5.75. The number of hydrogen-bond donors (Lipinski definition) is 1. The number of nitrogens with one attached hydrogen (secondary N) is 1. The van der Waals surface area contributed by atoms with Gasteiger partial charge >= 0.3 is 0 Å². The molecule has 2 atom stereocenters. The van der Waals surface area contributed by atoms with Gasteiger partial charge in [0.25, 0.3) is 0 Å². The molecule has 0 bridgehead atoms. The van der Waals surface area contributed by atoms with Crippen LogP contribution in [0.5, 0.6) is 0 Å². The summed E-state index contributed by atoms with van der Waals surface area (Å²) in [4.78, 5) is 9.71. The van der Waals surface area contributed by atoms with Crippen LogP contribution in [-0.2, 0) is 13.0 Å². The zero-order valence-corrected chi connectivity index (χ0v) is 19.6. The number of piperidine rings is 2. The minimum atomic E-state index is 0. The second kappa shape index (κ2) is 11.0. The van der Waals surface area contributed by atoms with E-state index >= 15 is 0 Å². The molecule has 0 saturated carbocycles. The van der Waals surface area contributed by atoms with E-state index in [1.807, 2.05) is 19.2 Å². The molecule has 2 aromatic rings. The first kappa shape index (κ1) is 22.2. The highest BCUT2D eigenvalue weighted by Gasteiger charge is 2.36. The van der Waals surface area contributed by atoms with E-state index in [0.717, 1.165) is 50.2 Å². The lowest BCUT2D eigenvalue weighted by Gasteiger charge is -2.48. The number of hydrogen-bond acceptors (Lipinski definition) is 3. The van der Waals surface area contributed by atoms with Crippen molar-refractivity contribution in [3.63, 3.8) is 0 Å². The SMILES string of the molecule is CN=C(NCCc1ccco1)N1CCC2C(CCCN2Cc2ccccc2)C1.I. The molecule has 0 spiro atoms. The van der Waals surface area contributed by atoms with Gasteiger partial charge in [0.05, 0.1) is 6.26 Å². The fourth-order valence-corrected chi connectivity index (χ4v) is 4.80. The van der Waals surface area contributed by atoms with E-state index in [0.29, 0.717) is 6.04 Å². The zero-order chi connectivity index (χ0) is 19.2. The van der Waals surface area contributed by atoms with Gasteiger partial charge in [-0.15, -0.1) is 24.0 Å². The van der Waals surface area contributed by atoms with E-state index in [1.54, 1.807) is 6.26 Å². The number of halogens is 1. The minimum absolute atomic E-state index is 0. The topological polar surface area (TPSA) is 44.0 Å². The molecular weight excluding hydrogens is 475 g/mol. The Hall–Kier alpha value is -1.54. The second-order valence-electron chi connectivity index (χ2n) is 7.96. The van der Waals surface area contributed by atoms with E-state index in [4.69, 9.17) is 4.42 Å². The van der Waals surface area contributed by atoms with Gasteiger partial charge in [0.2, 0.25) is 0 Å². The third-order valence-electron chi connectivity index (χ3n) is 6.16. The fourth-order valence-electron chi connectivity index (χ4n) is 4.80. The summed E-state index contributed by atoms with van der Waals surface area (Å²) in [6, 6.07) is 15.6. The van der Waals surface area contributed by atoms with Crippen LogP contribution >= 0.6 is 24.0 Å². The van der Waals surface area contributed by atoms with Crippen molar-refractivity contribution < 1.29 is 4.42 Å². The molecule has 1 aromatic carbocycles. The summed E-state index contributed by atoms with van der Waals surface area (Å²) in [6.07, 6.45) is 6.47. The number of fused-ring (bicyclic) bond motifs is 1. The van der Waals surface area contributed by atoms with Gasteiger partial charge in [-0.1, -0.05) is 30.3 Å². The number of aliphatic imine (C=N–C) groups is 1. The van der Waals surface area contributed by atoms with Crippen molar-refractivity contribution in [3.8, 4) is 0 Å². The molecule has 1 N–H and O–H groups in total. The molecule has 2 unspecified atom stereocenters. The summed E-state index contributed by atoms with van der Waals surface area (Å²) in [5.74, 6) is 2.78. The van der Waals surface area contributed by atoms with E-state index in [9.17, 15) is 0 Å². The van der Waals surface area contributed by atoms with Gasteiger partial charge in [0.15, 0.2) is 5.96 Å². The van der Waals surface area contributed by atoms with Gasteiger partial charge in [0, 0.05) is 45.7 Å². The van der Waals surface area contributed by atoms with Crippen molar-refractivity contribution in [2.75, 3.05) is 33.2 Å². The maximum Gasteiger partial charge on any atom is 0.193 e. The molecule has 0 amide bonds. The van der Waals surface area contributed by atoms with Crippen molar-refractivity contribution in [2.24, 2.45) is 10.9 Å². The first-order valence-corrected chi connectivity index (χ1v) is 10.6. The first-order chi connectivity index (χ1) is 13.8. The Morgan fingerprint density at radius 3 is 2.76 bits per heavy atom. The van der Waals surface area contributed by atoms with Crippen LogP contribution in [0.4, 0.5) is 0 Å². The molecule has 6 heteroatoms. The van der Waals surface area contributed by atoms with Crippen LogP contribution in [0.3, 0.4) is 0 Å². The maximum absolute atomic E-state index is 5.43. The lowest BCUT2D eigenvalue weighted by molar-refractivity contribution is 0.0372. The van der Waals surface area contributed by atoms with Gasteiger partial charge in [-0.3, -0.25) is 9.89 Å². The molecule has 0 aliphatic carbocycles. The number of likely N-dealkylation sites (tertiary alicyclic amines) is 2. The van der Waals surface area contributed by atoms with Crippen molar-refractivity contribution in [1.82, 2.24) is 15.1 Å². The van der Waals surface area contributed by atoms with E-state index < -0.39 is 0 Å². The van der Waals surface area contributed by atoms with Crippen LogP contribution in [0.25, 0.3) is 0 Å². The number of rotatable bonds is 5. The first-order valence-electron chi connectivity index (χ1n) is 10.6. The molecule has 3 heterocycles. The van der Waals surface area contributed by atoms with Crippen molar-refractivity contribution in [3.05, 3.63) is 60.1 Å². The molecule has 0 radical (unpaired) electrons. The Morgan fingerprint density at radius 2 is 2.00 bits per heavy atom. The van der Waals surface area contributed by atoms with Crippen molar-refractivity contribution in [1.29, 1.82) is 0 Å². The maximum atomic E-state index is 5.43. The Morgan fingerprint density at radius 1 is 1.14 bits per heavy atom. The number of guanidine groups is 1. The predicted octanol–water partition coefficient (Wildman–Crippen LogP) is 4.00. The Kier molecular flexibility index (Phi) is 8.41. The van der Waals surface area contributed by atoms with Crippen LogP contribution in [0.1, 0.15) is 30.6 Å². The van der Waals surface area contributed by atoms with Crippen molar-refractivity contribution >= 4 is 29.9 Å². The highest BCUT2D eigenvalue weighted by atomic mass is 127. The van der Waals surface area contributed by atoms with Crippen LogP contribution in [0.15, 0.2) is 58.1 Å². The molecular formula is C23H33IN4O. The van der Waals surface area contributed by atoms with E-state index in [1.165, 1.54) is 31.4 Å². The standard InChI is InChI=1S/C23H32N4O.HI/c1-24-23(25-13-11-21-10-6-16-28-21)27-15-12-22-20(18-27)9-5-14-26(22)17-19-7-3-2-4-8-19;/h2-4,6-8,10,16,20,22H,5,9,11-15,17-18H2,1H3,(H,24,25);1H. The molecule has 2 aliphatic heterocycles. The Balaban J connectivity index is 0.00000240.